The molecule has 0 amide bonds. The first-order valence-corrected chi connectivity index (χ1v) is 16.3. The zero-order chi connectivity index (χ0) is 32.3. The molecule has 1 aliphatic rings. The molecule has 0 radical (unpaired) electrons. The van der Waals surface area contributed by atoms with Crippen molar-refractivity contribution in [1.29, 1.82) is 5.26 Å². The number of halogens is 3. The Morgan fingerprint density at radius 1 is 0.711 bits per heavy atom. The van der Waals surface area contributed by atoms with Crippen molar-refractivity contribution in [2.75, 3.05) is 0 Å². The summed E-state index contributed by atoms with van der Waals surface area (Å²) < 4.78 is 16.3. The van der Waals surface area contributed by atoms with E-state index in [9.17, 15) is 14.4 Å². The summed E-state index contributed by atoms with van der Waals surface area (Å²) in [6.45, 7) is 2.22. The highest BCUT2D eigenvalue weighted by atomic mass is 35.5. The Labute approximate surface area is 278 Å². The molecule has 1 fully saturated rings. The SMILES string of the molecule is CCCCCCC[C@H]1CC[C@H](C(=O)Oc2ccc(C(=O)Oc3ccc(C(=O)Oc4ccc(C#N)c(Cl)c4)c(Cl)c3)c(Cl)c2)CC1. The van der Waals surface area contributed by atoms with Crippen molar-refractivity contribution in [2.24, 2.45) is 11.8 Å². The van der Waals surface area contributed by atoms with Crippen LogP contribution in [0.25, 0.3) is 0 Å². The fourth-order valence-corrected chi connectivity index (χ4v) is 6.05. The highest BCUT2D eigenvalue weighted by molar-refractivity contribution is 6.34. The number of rotatable bonds is 12. The lowest BCUT2D eigenvalue weighted by molar-refractivity contribution is -0.140. The quantitative estimate of drug-likeness (QED) is 0.107. The molecule has 0 aromatic heterocycles. The monoisotopic (exact) mass is 669 g/mol. The average Bonchev–Trinajstić information content (AvgIpc) is 3.01. The molecule has 0 atom stereocenters. The molecular weight excluding hydrogens is 637 g/mol. The smallest absolute Gasteiger partial charge is 0.345 e. The van der Waals surface area contributed by atoms with Crippen LogP contribution in [0.1, 0.15) is 97.4 Å². The number of carbonyl (C=O) groups is 3. The number of hydrogen-bond donors (Lipinski definition) is 0. The highest BCUT2D eigenvalue weighted by Crippen LogP contribution is 2.34. The van der Waals surface area contributed by atoms with Gasteiger partial charge in [0.15, 0.2) is 0 Å². The summed E-state index contributed by atoms with van der Waals surface area (Å²) in [6, 6.07) is 14.5. The van der Waals surface area contributed by atoms with Gasteiger partial charge in [-0.1, -0.05) is 80.3 Å². The lowest BCUT2D eigenvalue weighted by Crippen LogP contribution is -2.25. The first-order chi connectivity index (χ1) is 21.7. The maximum atomic E-state index is 12.8. The molecular formula is C35H34Cl3NO6. The molecule has 0 saturated heterocycles. The molecule has 4 rings (SSSR count). The number of carbonyl (C=O) groups excluding carboxylic acids is 3. The van der Waals surface area contributed by atoms with Gasteiger partial charge < -0.3 is 14.2 Å². The molecule has 0 N–H and O–H groups in total. The van der Waals surface area contributed by atoms with Gasteiger partial charge in [-0.3, -0.25) is 4.79 Å². The number of nitriles is 1. The Morgan fingerprint density at radius 3 is 1.73 bits per heavy atom. The molecule has 1 saturated carbocycles. The summed E-state index contributed by atoms with van der Waals surface area (Å²) in [5, 5.41) is 9.18. The van der Waals surface area contributed by atoms with E-state index >= 15 is 0 Å². The van der Waals surface area contributed by atoms with Gasteiger partial charge in [-0.05, 0) is 68.0 Å². The van der Waals surface area contributed by atoms with Crippen molar-refractivity contribution in [2.45, 2.75) is 71.1 Å². The minimum atomic E-state index is -0.766. The van der Waals surface area contributed by atoms with E-state index < -0.39 is 11.9 Å². The Balaban J connectivity index is 1.28. The molecule has 10 heteroatoms. The lowest BCUT2D eigenvalue weighted by Gasteiger charge is -2.27. The number of ether oxygens (including phenoxy) is 3. The third kappa shape index (κ3) is 9.71. The van der Waals surface area contributed by atoms with E-state index in [1.807, 2.05) is 6.07 Å². The standard InChI is InChI=1S/C35H34Cl3NO6/c1-2-3-4-5-6-7-22-8-10-23(11-9-22)33(40)43-26-14-16-28(31(37)19-26)35(42)45-27-15-17-29(32(38)20-27)34(41)44-25-13-12-24(21-39)30(36)18-25/h12-20,22-23H,2-11H2,1H3/t22-,23-. The van der Waals surface area contributed by atoms with E-state index in [0.717, 1.165) is 25.7 Å². The first-order valence-electron chi connectivity index (χ1n) is 15.1. The molecule has 236 valence electrons. The van der Waals surface area contributed by atoms with Crippen molar-refractivity contribution in [3.05, 3.63) is 86.4 Å². The minimum absolute atomic E-state index is 0.0144. The summed E-state index contributed by atoms with van der Waals surface area (Å²) in [4.78, 5) is 38.3. The summed E-state index contributed by atoms with van der Waals surface area (Å²) >= 11 is 18.6. The molecule has 45 heavy (non-hydrogen) atoms. The number of esters is 3. The molecule has 3 aromatic carbocycles. The second kappa shape index (κ2) is 16.7. The van der Waals surface area contributed by atoms with E-state index in [0.29, 0.717) is 5.92 Å². The number of unbranched alkanes of at least 4 members (excludes halogenated alkanes) is 4. The molecule has 0 aliphatic heterocycles. The van der Waals surface area contributed by atoms with Crippen LogP contribution in [0.4, 0.5) is 0 Å². The van der Waals surface area contributed by atoms with Gasteiger partial charge in [-0.25, -0.2) is 9.59 Å². The van der Waals surface area contributed by atoms with E-state index in [1.165, 1.54) is 93.1 Å². The van der Waals surface area contributed by atoms with Crippen molar-refractivity contribution >= 4 is 52.7 Å². The van der Waals surface area contributed by atoms with Crippen molar-refractivity contribution in [3.63, 3.8) is 0 Å². The van der Waals surface area contributed by atoms with Crippen LogP contribution in [-0.2, 0) is 4.79 Å². The van der Waals surface area contributed by atoms with Crippen LogP contribution < -0.4 is 14.2 Å². The van der Waals surface area contributed by atoms with Gasteiger partial charge in [0, 0.05) is 18.2 Å². The van der Waals surface area contributed by atoms with E-state index in [-0.39, 0.29) is 60.9 Å². The molecule has 0 bridgehead atoms. The average molecular weight is 671 g/mol. The van der Waals surface area contributed by atoms with E-state index in [4.69, 9.17) is 54.3 Å². The number of nitrogens with zero attached hydrogens (tertiary/aromatic N) is 1. The molecule has 3 aromatic rings. The second-order valence-electron chi connectivity index (χ2n) is 11.2. The van der Waals surface area contributed by atoms with Gasteiger partial charge in [0.1, 0.15) is 23.3 Å². The summed E-state index contributed by atoms with van der Waals surface area (Å²) in [5.74, 6) is -0.795. The summed E-state index contributed by atoms with van der Waals surface area (Å²) in [6.07, 6.45) is 11.3. The predicted molar refractivity (Wildman–Crippen MR) is 173 cm³/mol. The third-order valence-electron chi connectivity index (χ3n) is 7.92. The normalized spacial score (nSPS) is 16.0. The minimum Gasteiger partial charge on any atom is -0.426 e. The molecule has 0 heterocycles. The maximum Gasteiger partial charge on any atom is 0.345 e. The first kappa shape index (κ1) is 34.3. The fourth-order valence-electron chi connectivity index (χ4n) is 5.35. The molecule has 7 nitrogen and oxygen atoms in total. The largest absolute Gasteiger partial charge is 0.426 e. The van der Waals surface area contributed by atoms with Gasteiger partial charge in [0.25, 0.3) is 0 Å². The van der Waals surface area contributed by atoms with Gasteiger partial charge in [0.05, 0.1) is 37.7 Å². The molecule has 0 spiro atoms. The Morgan fingerprint density at radius 2 is 1.22 bits per heavy atom. The highest BCUT2D eigenvalue weighted by Gasteiger charge is 2.28. The zero-order valence-electron chi connectivity index (χ0n) is 25.0. The molecule has 0 unspecified atom stereocenters. The Bertz CT molecular complexity index is 1580. The van der Waals surface area contributed by atoms with Crippen molar-refractivity contribution < 1.29 is 28.6 Å². The van der Waals surface area contributed by atoms with Crippen LogP contribution in [-0.4, -0.2) is 17.9 Å². The van der Waals surface area contributed by atoms with Gasteiger partial charge >= 0.3 is 17.9 Å². The van der Waals surface area contributed by atoms with Crippen molar-refractivity contribution in [1.82, 2.24) is 0 Å². The fraction of sp³-hybridized carbons (Fsp3) is 0.371. The van der Waals surface area contributed by atoms with Crippen molar-refractivity contribution in [3.8, 4) is 23.3 Å². The van der Waals surface area contributed by atoms with Crippen LogP contribution in [0.3, 0.4) is 0 Å². The Hall–Kier alpha value is -3.57. The number of hydrogen-bond acceptors (Lipinski definition) is 7. The topological polar surface area (TPSA) is 103 Å². The van der Waals surface area contributed by atoms with Crippen LogP contribution in [0.15, 0.2) is 54.6 Å². The summed E-state index contributed by atoms with van der Waals surface area (Å²) in [5.41, 5.74) is 0.331. The molecule has 1 aliphatic carbocycles. The Kier molecular flexibility index (Phi) is 12.7. The van der Waals surface area contributed by atoms with E-state index in [2.05, 4.69) is 6.92 Å². The van der Waals surface area contributed by atoms with Crippen LogP contribution >= 0.6 is 34.8 Å². The van der Waals surface area contributed by atoms with Crippen LogP contribution in [0.2, 0.25) is 15.1 Å². The van der Waals surface area contributed by atoms with E-state index in [1.54, 1.807) is 0 Å². The second-order valence-corrected chi connectivity index (χ2v) is 12.4. The van der Waals surface area contributed by atoms with Crippen LogP contribution in [0.5, 0.6) is 17.2 Å². The maximum absolute atomic E-state index is 12.8. The van der Waals surface area contributed by atoms with Gasteiger partial charge in [-0.15, -0.1) is 0 Å². The van der Waals surface area contributed by atoms with Crippen LogP contribution in [0, 0.1) is 23.2 Å². The number of benzene rings is 3. The predicted octanol–water partition coefficient (Wildman–Crippen LogP) is 10.0. The third-order valence-corrected chi connectivity index (χ3v) is 8.86. The zero-order valence-corrected chi connectivity index (χ0v) is 27.2. The van der Waals surface area contributed by atoms with Gasteiger partial charge in [-0.2, -0.15) is 5.26 Å². The lowest BCUT2D eigenvalue weighted by atomic mass is 9.80. The summed E-state index contributed by atoms with van der Waals surface area (Å²) in [7, 11) is 0. The van der Waals surface area contributed by atoms with Gasteiger partial charge in [0.2, 0.25) is 0 Å².